The van der Waals surface area contributed by atoms with Crippen LogP contribution in [0.2, 0.25) is 0 Å². The highest BCUT2D eigenvalue weighted by Gasteiger charge is 2.15. The van der Waals surface area contributed by atoms with E-state index < -0.39 is 0 Å². The number of benzene rings is 6. The topological polar surface area (TPSA) is 50.3 Å². The van der Waals surface area contributed by atoms with E-state index in [1.807, 2.05) is 66.7 Å². The molecule has 131 heavy (non-hydrogen) atoms. The number of halogens is 4. The van der Waals surface area contributed by atoms with Crippen LogP contribution in [0.4, 0.5) is 0 Å². The van der Waals surface area contributed by atoms with Crippen molar-refractivity contribution in [2.45, 2.75) is 164 Å². The number of aromatic nitrogens is 6. The summed E-state index contributed by atoms with van der Waals surface area (Å²) in [4.78, 5) is 13.0. The fourth-order valence-electron chi connectivity index (χ4n) is 11.5. The SMILES string of the molecule is BrCc1ccccc1.C.C.CC(C)(C)C#Cc1cc(C#Cc2cc(C#Cc3cc(C#CC(C)(C)C)c[n+](Cc4ccccc4)c3)cc(C=Cc3cc(C#CC(C)(C)C)c[n+](Cc4ccccc4)c3)c2)c[n+](Cc2ccccc2)c1.CC(C)(C)C#Cc1cncc(C#Cc2cc(C#Cc3cncc(C#CC(C)(C)C)c3)cc(C#Cc3cncc(C#CC(C)(C)C)c3)c2)c1.[Br-].[Br-].[Br-].[S-2]. The molecule has 0 amide bonds. The van der Waals surface area contributed by atoms with Crippen molar-refractivity contribution in [2.75, 3.05) is 0 Å². The van der Waals surface area contributed by atoms with E-state index in [4.69, 9.17) is 0 Å². The fraction of sp³-hybridized carbons (Fsp3) is 0.250. The summed E-state index contributed by atoms with van der Waals surface area (Å²) in [6.45, 7) is 40.1. The predicted molar refractivity (Wildman–Crippen MR) is 539 cm³/mol. The summed E-state index contributed by atoms with van der Waals surface area (Å²) in [6.07, 6.45) is 27.5. The van der Waals surface area contributed by atoms with Crippen molar-refractivity contribution in [2.24, 2.45) is 32.5 Å². The van der Waals surface area contributed by atoms with Crippen LogP contribution in [0, 0.1) is 163 Å². The largest absolute Gasteiger partial charge is 2.00 e. The molecule has 0 saturated carbocycles. The van der Waals surface area contributed by atoms with E-state index in [1.165, 1.54) is 22.3 Å². The quantitative estimate of drug-likeness (QED) is 0.0822. The molecule has 0 unspecified atom stereocenters. The second-order valence-electron chi connectivity index (χ2n) is 36.7. The number of hydrogen-bond donors (Lipinski definition) is 0. The van der Waals surface area contributed by atoms with E-state index >= 15 is 0 Å². The van der Waals surface area contributed by atoms with Crippen molar-refractivity contribution in [1.29, 1.82) is 0 Å². The van der Waals surface area contributed by atoms with E-state index in [9.17, 15) is 0 Å². The zero-order valence-corrected chi connectivity index (χ0v) is 84.2. The van der Waals surface area contributed by atoms with Crippen LogP contribution in [-0.4, -0.2) is 15.0 Å². The third-order valence-corrected chi connectivity index (χ3v) is 17.9. The third-order valence-electron chi connectivity index (χ3n) is 17.2. The minimum atomic E-state index is -0.135. The number of nitrogens with zero attached hydrogens (tertiary/aromatic N) is 6. The first-order chi connectivity index (χ1) is 59.4. The molecule has 12 aromatic rings. The first-order valence-corrected chi connectivity index (χ1v) is 43.0. The Morgan fingerprint density at radius 3 is 0.679 bits per heavy atom. The van der Waals surface area contributed by atoms with Crippen LogP contribution in [0.5, 0.6) is 0 Å². The smallest absolute Gasteiger partial charge is 0.184 e. The number of pyridine rings is 6. The Kier molecular flexibility index (Phi) is 44.7. The van der Waals surface area contributed by atoms with Gasteiger partial charge >= 0.3 is 0 Å². The lowest BCUT2D eigenvalue weighted by molar-refractivity contribution is -0.688. The van der Waals surface area contributed by atoms with E-state index in [-0.39, 0.29) is 112 Å². The van der Waals surface area contributed by atoms with Gasteiger partial charge in [-0.3, -0.25) is 15.0 Å². The average Bonchev–Trinajstić information content (AvgIpc) is 0.845. The first kappa shape index (κ1) is 111. The normalized spacial score (nSPS) is 10.2. The predicted octanol–water partition coefficient (Wildman–Crippen LogP) is 15.0. The number of hydrogen-bond acceptors (Lipinski definition) is 3. The summed E-state index contributed by atoms with van der Waals surface area (Å²) in [5, 5.41) is 0.952. The molecule has 0 fully saturated rings. The Labute approximate surface area is 832 Å². The van der Waals surface area contributed by atoms with Gasteiger partial charge < -0.3 is 64.4 Å². The monoisotopic (exact) mass is 1990 g/mol. The molecule has 6 aromatic carbocycles. The number of rotatable bonds is 9. The molecular formula is C120H116Br4N6S-2. The number of alkyl halides is 1. The molecule has 0 spiro atoms. The van der Waals surface area contributed by atoms with Crippen LogP contribution >= 0.6 is 15.9 Å². The van der Waals surface area contributed by atoms with Crippen molar-refractivity contribution in [1.82, 2.24) is 15.0 Å². The van der Waals surface area contributed by atoms with Gasteiger partial charge in [-0.25, -0.2) is 0 Å². The first-order valence-electron chi connectivity index (χ1n) is 41.9. The zero-order chi connectivity index (χ0) is 89.5. The highest BCUT2D eigenvalue weighted by molar-refractivity contribution is 9.08. The molecule has 0 aliphatic carbocycles. The van der Waals surface area contributed by atoms with Crippen LogP contribution in [0.3, 0.4) is 0 Å². The lowest BCUT2D eigenvalue weighted by atomic mass is 9.97. The molecule has 6 heterocycles. The molecule has 662 valence electrons. The van der Waals surface area contributed by atoms with Gasteiger partial charge in [-0.05, 0) is 215 Å². The second-order valence-corrected chi connectivity index (χ2v) is 37.3. The molecule has 12 rings (SSSR count). The summed E-state index contributed by atoms with van der Waals surface area (Å²) >= 11 is 3.36. The van der Waals surface area contributed by atoms with Crippen LogP contribution < -0.4 is 64.6 Å². The minimum Gasteiger partial charge on any atom is -2.00 e. The summed E-state index contributed by atoms with van der Waals surface area (Å²) < 4.78 is 6.57. The maximum absolute atomic E-state index is 4.35. The molecular weight excluding hydrogens is 1880 g/mol. The zero-order valence-electron chi connectivity index (χ0n) is 77.0. The highest BCUT2D eigenvalue weighted by atomic mass is 79.9. The van der Waals surface area contributed by atoms with Gasteiger partial charge in [0.05, 0.1) is 27.8 Å². The van der Waals surface area contributed by atoms with Crippen LogP contribution in [0.1, 0.15) is 262 Å². The Morgan fingerprint density at radius 2 is 0.420 bits per heavy atom. The molecule has 0 N–H and O–H groups in total. The van der Waals surface area contributed by atoms with Crippen LogP contribution in [0.25, 0.3) is 12.2 Å². The molecule has 0 radical (unpaired) electrons. The Balaban J connectivity index is 0.000000506. The summed E-state index contributed by atoms with van der Waals surface area (Å²) in [5.74, 6) is 73.5. The lowest BCUT2D eigenvalue weighted by Crippen LogP contribution is -3.00. The molecule has 0 aliphatic rings. The fourth-order valence-corrected chi connectivity index (χ4v) is 11.9. The minimum absolute atomic E-state index is 0. The Bertz CT molecular complexity index is 6250. The molecule has 0 saturated heterocycles. The van der Waals surface area contributed by atoms with Gasteiger partial charge in [-0.2, -0.15) is 13.7 Å². The van der Waals surface area contributed by atoms with Crippen molar-refractivity contribution >= 4 is 41.6 Å². The van der Waals surface area contributed by atoms with E-state index in [1.54, 1.807) is 37.2 Å². The van der Waals surface area contributed by atoms with Gasteiger partial charge in [0.15, 0.2) is 56.8 Å². The van der Waals surface area contributed by atoms with Gasteiger partial charge in [0, 0.05) is 158 Å². The molecule has 11 heteroatoms. The maximum Gasteiger partial charge on any atom is 0.184 e. The lowest BCUT2D eigenvalue weighted by Gasteiger charge is -2.07. The molecule has 0 aliphatic heterocycles. The van der Waals surface area contributed by atoms with Crippen LogP contribution in [0.15, 0.2) is 268 Å². The van der Waals surface area contributed by atoms with Gasteiger partial charge in [-0.15, -0.1) is 0 Å². The molecule has 0 bridgehead atoms. The maximum atomic E-state index is 4.35. The Hall–Kier alpha value is -12.6. The van der Waals surface area contributed by atoms with Crippen molar-refractivity contribution < 1.29 is 64.6 Å². The van der Waals surface area contributed by atoms with Crippen molar-refractivity contribution in [3.63, 3.8) is 0 Å². The Morgan fingerprint density at radius 1 is 0.237 bits per heavy atom. The van der Waals surface area contributed by atoms with E-state index in [0.717, 1.165) is 112 Å². The molecule has 0 atom stereocenters. The second kappa shape index (κ2) is 52.9. The summed E-state index contributed by atoms with van der Waals surface area (Å²) in [7, 11) is 0. The highest BCUT2D eigenvalue weighted by Crippen LogP contribution is 2.21. The summed E-state index contributed by atoms with van der Waals surface area (Å²) in [6, 6.07) is 66.2. The summed E-state index contributed by atoms with van der Waals surface area (Å²) in [5.41, 5.74) is 19.7. The third kappa shape index (κ3) is 43.6. The standard InChI is InChI=1S/C66H62N3.C45H39N3.C7H7Br.2CH4.3BrH.S/c1-64(2,3)34-31-61-40-58(46-67(49-61)43-52-19-13-10-14-20-52)28-25-55-37-56(26-29-59-41-62(32-35-65(4,5)6)50-68(47-59)44-53-21-15-11-16-22-53)39-57(38-55)27-30-60-42-63(33-36-66(7,8)9)51-69(48-60)45-54-23-17-12-18-24-54;1-43(2,3)19-16-40-25-37(28-46-31-40)13-10-34-22-35(11-14-38-26-41(32-47-29-38)17-20-44(4,5)6)24-36(23-34)12-15-39-27-42(33-48-30-39)18-21-45(7,8)9;8-6-7-4-2-1-3-5-7;;;;;;/h10-25,28,37-42,46-51H,43-45H2,1-9H3;22-33H,1-9H3;1-5H,6H2;2*1H4;3*1H;/q+3;;;;;;;;-2/p-3. The van der Waals surface area contributed by atoms with Gasteiger partial charge in [0.2, 0.25) is 0 Å². The van der Waals surface area contributed by atoms with E-state index in [2.05, 4.69) is 476 Å². The average molecular weight is 1990 g/mol. The van der Waals surface area contributed by atoms with Gasteiger partial charge in [0.25, 0.3) is 0 Å². The van der Waals surface area contributed by atoms with Crippen LogP contribution in [-0.2, 0) is 38.5 Å². The van der Waals surface area contributed by atoms with Crippen molar-refractivity contribution in [3.8, 4) is 130 Å². The van der Waals surface area contributed by atoms with Gasteiger partial charge in [0.1, 0.15) is 0 Å². The van der Waals surface area contributed by atoms with Gasteiger partial charge in [-0.1, -0.05) is 288 Å². The van der Waals surface area contributed by atoms with Crippen molar-refractivity contribution in [3.05, 3.63) is 391 Å². The van der Waals surface area contributed by atoms with E-state index in [0.29, 0.717) is 13.1 Å². The molecule has 6 aromatic heterocycles. The molecule has 6 nitrogen and oxygen atoms in total.